The zero-order valence-electron chi connectivity index (χ0n) is 39.9. The van der Waals surface area contributed by atoms with Gasteiger partial charge in [-0.1, -0.05) is 18.5 Å². The average Bonchev–Trinajstić information content (AvgIpc) is 3.97. The van der Waals surface area contributed by atoms with Crippen molar-refractivity contribution in [3.63, 3.8) is 0 Å². The van der Waals surface area contributed by atoms with Gasteiger partial charge in [-0.2, -0.15) is 10.2 Å². The number of anilines is 4. The van der Waals surface area contributed by atoms with Gasteiger partial charge in [0.2, 0.25) is 0 Å². The highest BCUT2D eigenvalue weighted by atomic mass is 35.5. The van der Waals surface area contributed by atoms with E-state index in [2.05, 4.69) is 51.8 Å². The number of alkyl halides is 2. The maximum Gasteiger partial charge on any atom is 0.272 e. The van der Waals surface area contributed by atoms with Gasteiger partial charge in [-0.3, -0.25) is 19.1 Å². The molecule has 5 aliphatic rings. The zero-order valence-corrected chi connectivity index (χ0v) is 40.7. The lowest BCUT2D eigenvalue weighted by molar-refractivity contribution is 0.00848. The molecule has 3 aromatic heterocycles. The second kappa shape index (κ2) is 20.2. The Morgan fingerprint density at radius 2 is 1.80 bits per heavy atom. The van der Waals surface area contributed by atoms with Crippen molar-refractivity contribution in [2.75, 3.05) is 61.3 Å². The van der Waals surface area contributed by atoms with Crippen molar-refractivity contribution in [1.82, 2.24) is 44.9 Å². The number of benzene rings is 2. The number of aliphatic hydroxyl groups is 1. The van der Waals surface area contributed by atoms with Gasteiger partial charge in [-0.15, -0.1) is 10.2 Å². The van der Waals surface area contributed by atoms with E-state index in [1.54, 1.807) is 55.3 Å². The number of carbonyl (C=O) groups is 1. The number of nitrogens with one attached hydrogen (secondary N) is 1. The number of halogens is 3. The fraction of sp³-hybridized carbons (Fsp3) is 0.549. The van der Waals surface area contributed by atoms with Crippen LogP contribution in [0.4, 0.5) is 31.8 Å². The number of nitrogens with two attached hydrogens (primary N) is 1. The SMILES string of the molecule is CC(O)N1CCc2c(c(N3CCCc4cc(-c5cnn(C)c5)c(C(F)F)cc43)nn2C2CCN(C[C@H]3CCN(c4ccc(C(=O)NC5CCC(Oc6ccc(N)c(Cl)c6)CC5)nn4)C[C@@H]3C)CC2)C1. The lowest BCUT2D eigenvalue weighted by Crippen LogP contribution is -2.46. The number of carbonyl (C=O) groups excluding carboxylic acids is 1. The molecule has 1 amide bonds. The molecule has 368 valence electrons. The first-order valence-electron chi connectivity index (χ1n) is 24.9. The molecule has 18 heteroatoms. The first kappa shape index (κ1) is 47.3. The molecule has 4 N–H and O–H groups in total. The van der Waals surface area contributed by atoms with Gasteiger partial charge in [0.1, 0.15) is 12.0 Å². The Kier molecular flexibility index (Phi) is 13.8. The van der Waals surface area contributed by atoms with Crippen LogP contribution in [0.2, 0.25) is 5.02 Å². The van der Waals surface area contributed by atoms with E-state index < -0.39 is 12.7 Å². The Balaban J connectivity index is 0.739. The molecular weight excluding hydrogens is 902 g/mol. The van der Waals surface area contributed by atoms with Gasteiger partial charge >= 0.3 is 0 Å². The lowest BCUT2D eigenvalue weighted by Gasteiger charge is -2.41. The number of hydrogen-bond acceptors (Lipinski definition) is 12. The van der Waals surface area contributed by atoms with Gasteiger partial charge in [0, 0.05) is 112 Å². The van der Waals surface area contributed by atoms with E-state index >= 15 is 0 Å². The second-order valence-corrected chi connectivity index (χ2v) is 20.5. The highest BCUT2D eigenvalue weighted by Gasteiger charge is 2.36. The van der Waals surface area contributed by atoms with E-state index in [1.807, 2.05) is 18.2 Å². The smallest absolute Gasteiger partial charge is 0.272 e. The molecule has 10 rings (SSSR count). The predicted molar refractivity (Wildman–Crippen MR) is 263 cm³/mol. The molecule has 0 radical (unpaired) electrons. The number of aliphatic hydroxyl groups excluding tert-OH is 1. The van der Waals surface area contributed by atoms with Crippen LogP contribution in [0.15, 0.2) is 54.9 Å². The van der Waals surface area contributed by atoms with Gasteiger partial charge in [0.05, 0.1) is 29.1 Å². The third kappa shape index (κ3) is 10.2. The van der Waals surface area contributed by atoms with Gasteiger partial charge in [-0.25, -0.2) is 8.78 Å². The summed E-state index contributed by atoms with van der Waals surface area (Å²) in [7, 11) is 1.80. The van der Waals surface area contributed by atoms with Crippen LogP contribution < -0.4 is 25.6 Å². The molecule has 15 nitrogen and oxygen atoms in total. The van der Waals surface area contributed by atoms with E-state index in [0.29, 0.717) is 58.2 Å². The number of amides is 1. The van der Waals surface area contributed by atoms with Gasteiger partial charge in [-0.05, 0) is 124 Å². The van der Waals surface area contributed by atoms with Crippen LogP contribution in [-0.2, 0) is 26.4 Å². The van der Waals surface area contributed by atoms with E-state index in [1.165, 1.54) is 5.69 Å². The molecule has 3 fully saturated rings. The van der Waals surface area contributed by atoms with Crippen LogP contribution in [0, 0.1) is 11.8 Å². The summed E-state index contributed by atoms with van der Waals surface area (Å²) in [4.78, 5) is 22.3. The summed E-state index contributed by atoms with van der Waals surface area (Å²) in [6.07, 6.45) is 8.99. The van der Waals surface area contributed by atoms with E-state index in [0.717, 1.165) is 132 Å². The molecule has 1 aliphatic carbocycles. The first-order valence-corrected chi connectivity index (χ1v) is 25.3. The molecule has 3 atom stereocenters. The minimum Gasteiger partial charge on any atom is -0.490 e. The number of ether oxygens (including phenoxy) is 1. The van der Waals surface area contributed by atoms with Crippen LogP contribution in [0.5, 0.6) is 5.75 Å². The number of likely N-dealkylation sites (tertiary alicyclic amines) is 1. The van der Waals surface area contributed by atoms with Gasteiger partial charge in [0.25, 0.3) is 12.3 Å². The summed E-state index contributed by atoms with van der Waals surface area (Å²) in [6, 6.07) is 12.9. The fourth-order valence-electron chi connectivity index (χ4n) is 11.5. The molecule has 2 saturated heterocycles. The molecule has 0 bridgehead atoms. The molecule has 1 saturated carbocycles. The van der Waals surface area contributed by atoms with E-state index in [9.17, 15) is 18.7 Å². The molecule has 0 spiro atoms. The summed E-state index contributed by atoms with van der Waals surface area (Å²) in [5.74, 6) is 3.13. The predicted octanol–water partition coefficient (Wildman–Crippen LogP) is 7.95. The van der Waals surface area contributed by atoms with Gasteiger partial charge in [0.15, 0.2) is 17.3 Å². The molecule has 1 unspecified atom stereocenters. The van der Waals surface area contributed by atoms with Crippen molar-refractivity contribution in [2.24, 2.45) is 18.9 Å². The number of rotatable bonds is 12. The van der Waals surface area contributed by atoms with Crippen LogP contribution >= 0.6 is 11.6 Å². The molecule has 7 heterocycles. The van der Waals surface area contributed by atoms with E-state index in [-0.39, 0.29) is 29.7 Å². The van der Waals surface area contributed by atoms with E-state index in [4.69, 9.17) is 27.2 Å². The number of fused-ring (bicyclic) bond motifs is 2. The summed E-state index contributed by atoms with van der Waals surface area (Å²) in [5, 5.41) is 32.9. The number of piperidine rings is 2. The number of aryl methyl sites for hydroxylation is 2. The maximum absolute atomic E-state index is 14.8. The topological polar surface area (TPSA) is 159 Å². The van der Waals surface area contributed by atoms with Crippen molar-refractivity contribution in [3.8, 4) is 16.9 Å². The summed E-state index contributed by atoms with van der Waals surface area (Å²) in [5.41, 5.74) is 12.0. The molecule has 2 aromatic carbocycles. The molecular formula is C51H65ClF2N12O3. The van der Waals surface area contributed by atoms with Crippen molar-refractivity contribution < 1.29 is 23.4 Å². The normalized spacial score (nSPS) is 23.2. The minimum absolute atomic E-state index is 0.00374. The van der Waals surface area contributed by atoms with Crippen molar-refractivity contribution in [1.29, 1.82) is 0 Å². The average molecular weight is 968 g/mol. The fourth-order valence-corrected chi connectivity index (χ4v) is 11.6. The highest BCUT2D eigenvalue weighted by molar-refractivity contribution is 6.33. The van der Waals surface area contributed by atoms with Crippen LogP contribution in [-0.4, -0.2) is 115 Å². The third-order valence-electron chi connectivity index (χ3n) is 15.5. The summed E-state index contributed by atoms with van der Waals surface area (Å²) >= 11 is 6.17. The Bertz CT molecular complexity index is 2610. The Hall–Kier alpha value is -5.36. The monoisotopic (exact) mass is 966 g/mol. The minimum atomic E-state index is -2.65. The number of hydrogen-bond donors (Lipinski definition) is 3. The second-order valence-electron chi connectivity index (χ2n) is 20.1. The van der Waals surface area contributed by atoms with Crippen LogP contribution in [0.3, 0.4) is 0 Å². The largest absolute Gasteiger partial charge is 0.490 e. The number of nitrogens with zero attached hydrogens (tertiary/aromatic N) is 10. The maximum atomic E-state index is 14.8. The number of aromatic nitrogens is 6. The summed E-state index contributed by atoms with van der Waals surface area (Å²) < 4.78 is 39.6. The molecule has 4 aliphatic heterocycles. The van der Waals surface area contributed by atoms with Crippen molar-refractivity contribution >= 4 is 40.5 Å². The Morgan fingerprint density at radius 3 is 2.49 bits per heavy atom. The Morgan fingerprint density at radius 1 is 0.986 bits per heavy atom. The quantitative estimate of drug-likeness (QED) is 0.104. The first-order chi connectivity index (χ1) is 33.3. The molecule has 5 aromatic rings. The Labute approximate surface area is 407 Å². The van der Waals surface area contributed by atoms with Crippen LogP contribution in [0.25, 0.3) is 11.1 Å². The number of nitrogen functional groups attached to an aromatic ring is 1. The third-order valence-corrected chi connectivity index (χ3v) is 15.8. The molecule has 69 heavy (non-hydrogen) atoms. The van der Waals surface area contributed by atoms with Crippen LogP contribution in [0.1, 0.15) is 111 Å². The zero-order chi connectivity index (χ0) is 47.9. The standard InChI is InChI=1S/C51H65ClF2N12O3/c1-31-27-64(48-13-12-45(58-59-48)51(68)57-36-6-8-38(9-7-36)69-39-10-11-44(55)43(52)24-39)21-14-34(31)29-62-19-15-37(16-20-62)66-46-17-22-63(32(2)67)30-42(46)50(60-66)65-18-4-5-33-23-40(35-26-56-61(3)28-35)41(49(53)54)25-47(33)65/h10-13,23-26,28,31-32,34,36-38,49,67H,4-9,14-22,27,29-30,55H2,1-3H3,(H,57,68)/t31-,32?,34+,36?,38?/m0/s1. The lowest BCUT2D eigenvalue weighted by atomic mass is 9.86. The van der Waals surface area contributed by atoms with Crippen molar-refractivity contribution in [2.45, 2.75) is 115 Å². The summed E-state index contributed by atoms with van der Waals surface area (Å²) in [6.45, 7) is 10.9. The van der Waals surface area contributed by atoms with Gasteiger partial charge < -0.3 is 35.6 Å². The highest BCUT2D eigenvalue weighted by Crippen LogP contribution is 2.44. The van der Waals surface area contributed by atoms with Crippen molar-refractivity contribution in [3.05, 3.63) is 88.0 Å².